The van der Waals surface area contributed by atoms with E-state index in [-0.39, 0.29) is 42.7 Å². The van der Waals surface area contributed by atoms with E-state index < -0.39 is 18.1 Å². The van der Waals surface area contributed by atoms with Crippen LogP contribution in [0.2, 0.25) is 0 Å². The molecule has 7 nitrogen and oxygen atoms in total. The van der Waals surface area contributed by atoms with Gasteiger partial charge in [-0.3, -0.25) is 9.59 Å². The topological polar surface area (TPSA) is 105 Å². The Morgan fingerprint density at radius 1 is 1.03 bits per heavy atom. The molecule has 3 aliphatic carbocycles. The van der Waals surface area contributed by atoms with Gasteiger partial charge in [-0.1, -0.05) is 54.6 Å². The average molecular weight is 475 g/mol. The van der Waals surface area contributed by atoms with Crippen molar-refractivity contribution in [3.05, 3.63) is 72.3 Å². The molecule has 35 heavy (non-hydrogen) atoms. The van der Waals surface area contributed by atoms with Crippen molar-refractivity contribution in [2.45, 2.75) is 43.7 Å². The molecule has 182 valence electrons. The number of amides is 2. The highest BCUT2D eigenvalue weighted by Gasteiger charge is 2.50. The maximum Gasteiger partial charge on any atom is 0.407 e. The van der Waals surface area contributed by atoms with Gasteiger partial charge in [0.05, 0.1) is 5.92 Å². The third-order valence-corrected chi connectivity index (χ3v) is 7.85. The number of carbonyl (C=O) groups is 3. The molecule has 7 heteroatoms. The molecule has 3 aliphatic rings. The zero-order chi connectivity index (χ0) is 24.5. The number of alkyl carbamates (subject to hydrolysis) is 1. The molecule has 0 aromatic heterocycles. The molecular weight excluding hydrogens is 444 g/mol. The van der Waals surface area contributed by atoms with Crippen molar-refractivity contribution >= 4 is 18.0 Å². The van der Waals surface area contributed by atoms with Gasteiger partial charge < -0.3 is 20.5 Å². The summed E-state index contributed by atoms with van der Waals surface area (Å²) in [6, 6.07) is 15.4. The molecule has 5 atom stereocenters. The van der Waals surface area contributed by atoms with Gasteiger partial charge in [0.15, 0.2) is 0 Å². The number of hydrogen-bond acceptors (Lipinski definition) is 4. The van der Waals surface area contributed by atoms with Crippen LogP contribution in [0.5, 0.6) is 0 Å². The summed E-state index contributed by atoms with van der Waals surface area (Å²) in [6.45, 7) is 3.88. The van der Waals surface area contributed by atoms with E-state index in [0.29, 0.717) is 18.8 Å². The first-order chi connectivity index (χ1) is 17.0. The molecule has 0 heterocycles. The normalized spacial score (nSPS) is 24.8. The Morgan fingerprint density at radius 3 is 2.31 bits per heavy atom. The van der Waals surface area contributed by atoms with Crippen molar-refractivity contribution in [1.82, 2.24) is 10.6 Å². The van der Waals surface area contributed by atoms with Crippen LogP contribution in [0.3, 0.4) is 0 Å². The van der Waals surface area contributed by atoms with Crippen molar-refractivity contribution in [1.29, 1.82) is 0 Å². The highest BCUT2D eigenvalue weighted by atomic mass is 16.5. The molecular formula is C28H30N2O5. The second-order valence-corrected chi connectivity index (χ2v) is 9.83. The van der Waals surface area contributed by atoms with E-state index in [0.717, 1.165) is 28.7 Å². The van der Waals surface area contributed by atoms with Crippen LogP contribution in [-0.4, -0.2) is 41.8 Å². The van der Waals surface area contributed by atoms with Gasteiger partial charge in [0.25, 0.3) is 0 Å². The third kappa shape index (κ3) is 4.43. The van der Waals surface area contributed by atoms with Crippen molar-refractivity contribution in [2.24, 2.45) is 17.8 Å². The number of hydrogen-bond donors (Lipinski definition) is 3. The lowest BCUT2D eigenvalue weighted by Crippen LogP contribution is -2.55. The first-order valence-corrected chi connectivity index (χ1v) is 12.2. The van der Waals surface area contributed by atoms with Crippen LogP contribution in [0.1, 0.15) is 42.7 Å². The molecule has 2 amide bonds. The molecule has 0 radical (unpaired) electrons. The molecule has 2 aromatic carbocycles. The quantitative estimate of drug-likeness (QED) is 0.500. The van der Waals surface area contributed by atoms with Crippen LogP contribution in [0.15, 0.2) is 61.2 Å². The Labute approximate surface area is 204 Å². The number of ether oxygens (including phenoxy) is 1. The van der Waals surface area contributed by atoms with E-state index in [1.165, 1.54) is 0 Å². The lowest BCUT2D eigenvalue weighted by atomic mass is 9.71. The van der Waals surface area contributed by atoms with E-state index in [1.54, 1.807) is 6.08 Å². The molecule has 2 fully saturated rings. The summed E-state index contributed by atoms with van der Waals surface area (Å²) in [6.07, 6.45) is 3.28. The minimum atomic E-state index is -0.793. The number of carbonyl (C=O) groups excluding carboxylic acids is 2. The Kier molecular flexibility index (Phi) is 6.32. The van der Waals surface area contributed by atoms with Gasteiger partial charge in [-0.2, -0.15) is 0 Å². The number of aliphatic carboxylic acids is 1. The maximum atomic E-state index is 12.9. The highest BCUT2D eigenvalue weighted by Crippen LogP contribution is 2.49. The van der Waals surface area contributed by atoms with Crippen LogP contribution in [0.25, 0.3) is 11.1 Å². The van der Waals surface area contributed by atoms with Crippen LogP contribution in [0.4, 0.5) is 4.79 Å². The summed E-state index contributed by atoms with van der Waals surface area (Å²) >= 11 is 0. The lowest BCUT2D eigenvalue weighted by molar-refractivity contribution is -0.141. The molecule has 2 saturated carbocycles. The molecule has 0 spiro atoms. The maximum absolute atomic E-state index is 12.9. The van der Waals surface area contributed by atoms with E-state index in [9.17, 15) is 19.5 Å². The van der Waals surface area contributed by atoms with Crippen molar-refractivity contribution in [3.8, 4) is 11.1 Å². The number of carboxylic acids is 1. The van der Waals surface area contributed by atoms with E-state index in [1.807, 2.05) is 24.3 Å². The third-order valence-electron chi connectivity index (χ3n) is 7.85. The Morgan fingerprint density at radius 2 is 1.69 bits per heavy atom. The van der Waals surface area contributed by atoms with Gasteiger partial charge in [-0.25, -0.2) is 4.79 Å². The Balaban J connectivity index is 1.18. The average Bonchev–Trinajstić information content (AvgIpc) is 3.36. The monoisotopic (exact) mass is 474 g/mol. The summed E-state index contributed by atoms with van der Waals surface area (Å²) in [5.74, 6) is -0.883. The van der Waals surface area contributed by atoms with Gasteiger partial charge in [-0.15, -0.1) is 6.58 Å². The van der Waals surface area contributed by atoms with Crippen LogP contribution in [-0.2, 0) is 14.3 Å². The predicted octanol–water partition coefficient (Wildman–Crippen LogP) is 4.09. The summed E-state index contributed by atoms with van der Waals surface area (Å²) in [5.41, 5.74) is 4.55. The number of nitrogens with one attached hydrogen (secondary N) is 2. The molecule has 0 bridgehead atoms. The number of benzene rings is 2. The van der Waals surface area contributed by atoms with E-state index >= 15 is 0 Å². The summed E-state index contributed by atoms with van der Waals surface area (Å²) in [4.78, 5) is 36.9. The number of carboxylic acid groups (broad SMARTS) is 1. The van der Waals surface area contributed by atoms with Gasteiger partial charge in [0.1, 0.15) is 12.6 Å². The Bertz CT molecular complexity index is 1120. The summed E-state index contributed by atoms with van der Waals surface area (Å²) in [5, 5.41) is 15.0. The number of fused-ring (bicyclic) bond motifs is 4. The van der Waals surface area contributed by atoms with E-state index in [2.05, 4.69) is 41.5 Å². The van der Waals surface area contributed by atoms with Crippen molar-refractivity contribution in [2.75, 3.05) is 6.61 Å². The zero-order valence-electron chi connectivity index (χ0n) is 19.5. The largest absolute Gasteiger partial charge is 0.481 e. The van der Waals surface area contributed by atoms with Crippen LogP contribution >= 0.6 is 0 Å². The van der Waals surface area contributed by atoms with Crippen molar-refractivity contribution in [3.63, 3.8) is 0 Å². The fraction of sp³-hybridized carbons (Fsp3) is 0.393. The zero-order valence-corrected chi connectivity index (χ0v) is 19.5. The minimum absolute atomic E-state index is 0.0477. The molecule has 0 aliphatic heterocycles. The van der Waals surface area contributed by atoms with E-state index in [4.69, 9.17) is 4.74 Å². The smallest absolute Gasteiger partial charge is 0.407 e. The summed E-state index contributed by atoms with van der Waals surface area (Å²) < 4.78 is 5.59. The standard InChI is InChI=1S/C28H30N2O5/c1-2-7-24(26(31)29-25-14-16-12-17(27(32)33)13-22(16)25)30-28(34)35-15-23-20-10-5-3-8-18(20)19-9-4-6-11-21(19)23/h2-6,8-11,16-17,22-25H,1,7,12-15H2,(H,29,31)(H,30,34)(H,32,33)/t16-,17?,22-,24?,25+/m1/s1. The SMILES string of the molecule is C=CCC(NC(=O)OCC1c2ccccc2-c2ccccc21)C(=O)N[C@H]1C[C@H]2CC(C(=O)O)C[C@H]21. The Hall–Kier alpha value is -3.61. The predicted molar refractivity (Wildman–Crippen MR) is 131 cm³/mol. The lowest BCUT2D eigenvalue weighted by Gasteiger charge is -2.41. The van der Waals surface area contributed by atoms with Gasteiger partial charge in [-0.05, 0) is 59.8 Å². The fourth-order valence-corrected chi connectivity index (χ4v) is 6.06. The molecule has 2 aromatic rings. The second-order valence-electron chi connectivity index (χ2n) is 9.83. The molecule has 3 N–H and O–H groups in total. The first-order valence-electron chi connectivity index (χ1n) is 12.2. The van der Waals surface area contributed by atoms with Gasteiger partial charge >= 0.3 is 12.1 Å². The molecule has 2 unspecified atom stereocenters. The molecule has 0 saturated heterocycles. The van der Waals surface area contributed by atoms with Crippen LogP contribution in [0, 0.1) is 17.8 Å². The second kappa shape index (κ2) is 9.56. The van der Waals surface area contributed by atoms with Gasteiger partial charge in [0, 0.05) is 12.0 Å². The fourth-order valence-electron chi connectivity index (χ4n) is 6.06. The summed E-state index contributed by atoms with van der Waals surface area (Å²) in [7, 11) is 0. The number of rotatable bonds is 8. The van der Waals surface area contributed by atoms with Crippen molar-refractivity contribution < 1.29 is 24.2 Å². The minimum Gasteiger partial charge on any atom is -0.481 e. The molecule has 5 rings (SSSR count). The highest BCUT2D eigenvalue weighted by molar-refractivity contribution is 5.86. The first kappa shape index (κ1) is 23.1. The van der Waals surface area contributed by atoms with Gasteiger partial charge in [0.2, 0.25) is 5.91 Å². The van der Waals surface area contributed by atoms with Crippen LogP contribution < -0.4 is 10.6 Å².